The Labute approximate surface area is 175 Å². The maximum Gasteiger partial charge on any atom is 0.443 e. The molecule has 2 atom stereocenters. The van der Waals surface area contributed by atoms with E-state index in [2.05, 4.69) is 4.98 Å². The molecule has 2 aromatic rings. The first-order valence-electron chi connectivity index (χ1n) is 9.09. The molecule has 0 aliphatic rings. The number of halogens is 3. The Kier molecular flexibility index (Phi) is 8.59. The average Bonchev–Trinajstić information content (AvgIpc) is 3.18. The van der Waals surface area contributed by atoms with Gasteiger partial charge in [0.1, 0.15) is 11.9 Å². The molecule has 1 heterocycles. The van der Waals surface area contributed by atoms with Crippen LogP contribution in [0.5, 0.6) is 5.75 Å². The van der Waals surface area contributed by atoms with Gasteiger partial charge in [0.05, 0.1) is 12.3 Å². The van der Waals surface area contributed by atoms with Crippen molar-refractivity contribution in [2.75, 3.05) is 26.3 Å². The van der Waals surface area contributed by atoms with Crippen LogP contribution in [0.1, 0.15) is 29.3 Å². The molecule has 0 saturated carbocycles. The smallest absolute Gasteiger partial charge is 0.443 e. The van der Waals surface area contributed by atoms with E-state index in [1.54, 1.807) is 29.2 Å². The van der Waals surface area contributed by atoms with Crippen LogP contribution in [0, 0.1) is 0 Å². The number of carboxylic acids is 1. The number of aromatic nitrogens is 1. The van der Waals surface area contributed by atoms with Gasteiger partial charge in [-0.1, -0.05) is 12.1 Å². The predicted molar refractivity (Wildman–Crippen MR) is 103 cm³/mol. The van der Waals surface area contributed by atoms with E-state index < -0.39 is 29.9 Å². The summed E-state index contributed by atoms with van der Waals surface area (Å²) in [5.74, 6) is -0.659. The van der Waals surface area contributed by atoms with E-state index in [1.807, 2.05) is 6.92 Å². The van der Waals surface area contributed by atoms with Crippen molar-refractivity contribution in [2.24, 2.45) is 0 Å². The van der Waals surface area contributed by atoms with Gasteiger partial charge in [0.15, 0.2) is 11.6 Å². The van der Waals surface area contributed by atoms with Gasteiger partial charge in [-0.2, -0.15) is 13.2 Å². The van der Waals surface area contributed by atoms with Gasteiger partial charge < -0.3 is 20.1 Å². The Morgan fingerprint density at radius 1 is 1.30 bits per heavy atom. The lowest BCUT2D eigenvalue weighted by Crippen LogP contribution is -2.39. The largest absolute Gasteiger partial charge is 0.482 e. The van der Waals surface area contributed by atoms with Gasteiger partial charge in [-0.3, -0.25) is 4.90 Å². The van der Waals surface area contributed by atoms with E-state index in [0.717, 1.165) is 5.56 Å². The number of alkyl halides is 3. The molecular formula is C19H23F3N2O5S. The minimum Gasteiger partial charge on any atom is -0.482 e. The van der Waals surface area contributed by atoms with Crippen molar-refractivity contribution in [1.29, 1.82) is 0 Å². The summed E-state index contributed by atoms with van der Waals surface area (Å²) in [6, 6.07) is 6.70. The molecule has 0 spiro atoms. The molecule has 0 saturated heterocycles. The van der Waals surface area contributed by atoms with E-state index in [1.165, 1.54) is 5.38 Å². The zero-order valence-corrected chi connectivity index (χ0v) is 17.0. The van der Waals surface area contributed by atoms with Crippen LogP contribution in [-0.4, -0.2) is 63.5 Å². The van der Waals surface area contributed by atoms with Crippen LogP contribution in [0.2, 0.25) is 0 Å². The third-order valence-corrected chi connectivity index (χ3v) is 5.25. The first-order valence-corrected chi connectivity index (χ1v) is 9.97. The Morgan fingerprint density at radius 2 is 1.97 bits per heavy atom. The van der Waals surface area contributed by atoms with Crippen LogP contribution in [0.25, 0.3) is 0 Å². The number of aliphatic hydroxyl groups excluding tert-OH is 2. The van der Waals surface area contributed by atoms with Gasteiger partial charge in [-0.25, -0.2) is 9.78 Å². The summed E-state index contributed by atoms with van der Waals surface area (Å²) in [7, 11) is 0. The fourth-order valence-electron chi connectivity index (χ4n) is 2.84. The van der Waals surface area contributed by atoms with Crippen molar-refractivity contribution in [3.05, 3.63) is 45.9 Å². The van der Waals surface area contributed by atoms with Gasteiger partial charge in [0.2, 0.25) is 0 Å². The fraction of sp³-hybridized carbons (Fsp3) is 0.474. The lowest BCUT2D eigenvalue weighted by Gasteiger charge is -2.30. The van der Waals surface area contributed by atoms with E-state index in [-0.39, 0.29) is 31.4 Å². The van der Waals surface area contributed by atoms with Gasteiger partial charge >= 0.3 is 12.1 Å². The predicted octanol–water partition coefficient (Wildman–Crippen LogP) is 2.58. The van der Waals surface area contributed by atoms with E-state index in [0.29, 0.717) is 23.5 Å². The van der Waals surface area contributed by atoms with Crippen molar-refractivity contribution in [2.45, 2.75) is 31.7 Å². The maximum absolute atomic E-state index is 12.7. The standard InChI is InChI=1S/C19H23F3N2O5S/c1-12(8-13-2-4-14(5-3-13)29-10-17(27)28)24(6-7-25)9-16(26)15-11-30-18(23-15)19(20,21)22/h2-5,11-12,16,25-26H,6-10H2,1H3,(H,27,28). The molecule has 7 nitrogen and oxygen atoms in total. The molecule has 0 radical (unpaired) electrons. The number of nitrogens with zero attached hydrogens (tertiary/aromatic N) is 2. The average molecular weight is 448 g/mol. The Morgan fingerprint density at radius 3 is 2.50 bits per heavy atom. The van der Waals surface area contributed by atoms with Crippen molar-refractivity contribution < 1.29 is 38.0 Å². The summed E-state index contributed by atoms with van der Waals surface area (Å²) in [5.41, 5.74) is 0.859. The maximum atomic E-state index is 12.7. The molecule has 0 fully saturated rings. The molecule has 1 aromatic heterocycles. The number of carbonyl (C=O) groups is 1. The van der Waals surface area contributed by atoms with Gasteiger partial charge in [-0.05, 0) is 31.0 Å². The Balaban J connectivity index is 1.99. The molecule has 0 amide bonds. The monoisotopic (exact) mass is 448 g/mol. The number of hydrogen-bond acceptors (Lipinski definition) is 7. The van der Waals surface area contributed by atoms with Gasteiger partial charge in [-0.15, -0.1) is 11.3 Å². The highest BCUT2D eigenvalue weighted by atomic mass is 32.1. The van der Waals surface area contributed by atoms with Crippen molar-refractivity contribution in [1.82, 2.24) is 9.88 Å². The summed E-state index contributed by atoms with van der Waals surface area (Å²) in [5, 5.41) is 28.5. The zero-order valence-electron chi connectivity index (χ0n) is 16.2. The quantitative estimate of drug-likeness (QED) is 0.486. The minimum atomic E-state index is -4.55. The molecule has 3 N–H and O–H groups in total. The molecule has 2 rings (SSSR count). The highest BCUT2D eigenvalue weighted by Crippen LogP contribution is 2.33. The van der Waals surface area contributed by atoms with Crippen LogP contribution >= 0.6 is 11.3 Å². The molecule has 30 heavy (non-hydrogen) atoms. The van der Waals surface area contributed by atoms with Crippen LogP contribution in [-0.2, 0) is 17.4 Å². The molecular weight excluding hydrogens is 425 g/mol. The minimum absolute atomic E-state index is 0.0164. The number of carboxylic acid groups (broad SMARTS) is 1. The number of benzene rings is 1. The SMILES string of the molecule is CC(Cc1ccc(OCC(=O)O)cc1)N(CCO)CC(O)c1csc(C(F)(F)F)n1. The number of rotatable bonds is 11. The number of thiazole rings is 1. The van der Waals surface area contributed by atoms with Gasteiger partial charge in [0, 0.05) is 24.5 Å². The summed E-state index contributed by atoms with van der Waals surface area (Å²) in [6.45, 7) is 1.50. The highest BCUT2D eigenvalue weighted by molar-refractivity contribution is 7.09. The number of aliphatic carboxylic acids is 1. The van der Waals surface area contributed by atoms with Crippen LogP contribution in [0.3, 0.4) is 0 Å². The topological polar surface area (TPSA) is 103 Å². The Bertz CT molecular complexity index is 813. The zero-order chi connectivity index (χ0) is 22.3. The fourth-order valence-corrected chi connectivity index (χ4v) is 3.58. The molecule has 0 aliphatic heterocycles. The lowest BCUT2D eigenvalue weighted by atomic mass is 10.0. The van der Waals surface area contributed by atoms with Crippen LogP contribution in [0.4, 0.5) is 13.2 Å². The van der Waals surface area contributed by atoms with E-state index >= 15 is 0 Å². The van der Waals surface area contributed by atoms with E-state index in [4.69, 9.17) is 9.84 Å². The first kappa shape index (κ1) is 24.1. The molecule has 2 unspecified atom stereocenters. The normalized spacial score (nSPS) is 14.0. The van der Waals surface area contributed by atoms with Crippen molar-refractivity contribution >= 4 is 17.3 Å². The molecule has 0 aliphatic carbocycles. The number of ether oxygens (including phenoxy) is 1. The third-order valence-electron chi connectivity index (χ3n) is 4.34. The Hall–Kier alpha value is -2.21. The van der Waals surface area contributed by atoms with Crippen molar-refractivity contribution in [3.63, 3.8) is 0 Å². The molecule has 11 heteroatoms. The van der Waals surface area contributed by atoms with E-state index in [9.17, 15) is 28.2 Å². The van der Waals surface area contributed by atoms with Crippen LogP contribution < -0.4 is 4.74 Å². The van der Waals surface area contributed by atoms with Gasteiger partial charge in [0.25, 0.3) is 0 Å². The number of hydrogen-bond donors (Lipinski definition) is 3. The summed E-state index contributed by atoms with van der Waals surface area (Å²) in [6.07, 6.45) is -5.24. The molecule has 0 bridgehead atoms. The molecule has 166 valence electrons. The summed E-state index contributed by atoms with van der Waals surface area (Å²) < 4.78 is 43.2. The summed E-state index contributed by atoms with van der Waals surface area (Å²) >= 11 is 0.431. The van der Waals surface area contributed by atoms with Crippen molar-refractivity contribution in [3.8, 4) is 5.75 Å². The highest BCUT2D eigenvalue weighted by Gasteiger charge is 2.35. The second kappa shape index (κ2) is 10.7. The van der Waals surface area contributed by atoms with Crippen LogP contribution in [0.15, 0.2) is 29.6 Å². The molecule has 1 aromatic carbocycles. The second-order valence-corrected chi connectivity index (χ2v) is 7.55. The lowest BCUT2D eigenvalue weighted by molar-refractivity contribution is -0.139. The second-order valence-electron chi connectivity index (χ2n) is 6.69. The first-order chi connectivity index (χ1) is 14.1. The third kappa shape index (κ3) is 7.24. The number of aliphatic hydroxyl groups is 2. The summed E-state index contributed by atoms with van der Waals surface area (Å²) in [4.78, 5) is 15.8.